The Morgan fingerprint density at radius 2 is 1.75 bits per heavy atom. The van der Waals surface area contributed by atoms with Crippen molar-refractivity contribution in [1.29, 1.82) is 0 Å². The molecule has 1 nitrogen and oxygen atoms in total. The molecular formula is C15H25N. The standard InChI is InChI=1S/C13H19N.C2H6/c1-11-10-14(2)9-8-13(11)12-6-4-3-5-7-12;1-2/h3-7,11,13H,8-10H2,1-2H3;1-2H3. The maximum absolute atomic E-state index is 2.43. The van der Waals surface area contributed by atoms with Gasteiger partial charge in [-0.15, -0.1) is 0 Å². The molecule has 0 N–H and O–H groups in total. The number of likely N-dealkylation sites (tertiary alicyclic amines) is 1. The molecule has 0 spiro atoms. The number of piperidine rings is 1. The second-order valence-corrected chi connectivity index (χ2v) is 4.55. The van der Waals surface area contributed by atoms with Crippen LogP contribution in [0.4, 0.5) is 0 Å². The molecule has 16 heavy (non-hydrogen) atoms. The summed E-state index contributed by atoms with van der Waals surface area (Å²) in [4.78, 5) is 2.43. The maximum Gasteiger partial charge on any atom is 0.000982 e. The number of nitrogens with zero attached hydrogens (tertiary/aromatic N) is 1. The van der Waals surface area contributed by atoms with Crippen LogP contribution in [0.2, 0.25) is 0 Å². The molecule has 0 aromatic heterocycles. The second kappa shape index (κ2) is 6.70. The van der Waals surface area contributed by atoms with Gasteiger partial charge in [-0.05, 0) is 37.4 Å². The van der Waals surface area contributed by atoms with E-state index in [1.165, 1.54) is 25.1 Å². The fourth-order valence-corrected chi connectivity index (χ4v) is 2.55. The highest BCUT2D eigenvalue weighted by Crippen LogP contribution is 2.31. The summed E-state index contributed by atoms with van der Waals surface area (Å²) in [5, 5.41) is 0. The zero-order chi connectivity index (χ0) is 12.0. The van der Waals surface area contributed by atoms with Crippen LogP contribution in [0, 0.1) is 5.92 Å². The van der Waals surface area contributed by atoms with Crippen LogP contribution in [0.25, 0.3) is 0 Å². The third-order valence-corrected chi connectivity index (χ3v) is 3.34. The van der Waals surface area contributed by atoms with E-state index < -0.39 is 0 Å². The van der Waals surface area contributed by atoms with Gasteiger partial charge in [-0.1, -0.05) is 51.1 Å². The normalized spacial score (nSPS) is 25.8. The number of benzene rings is 1. The van der Waals surface area contributed by atoms with Crippen LogP contribution >= 0.6 is 0 Å². The summed E-state index contributed by atoms with van der Waals surface area (Å²) >= 11 is 0. The van der Waals surface area contributed by atoms with Crippen LogP contribution in [0.5, 0.6) is 0 Å². The first kappa shape index (κ1) is 13.2. The molecular weight excluding hydrogens is 194 g/mol. The second-order valence-electron chi connectivity index (χ2n) is 4.55. The fraction of sp³-hybridized carbons (Fsp3) is 0.600. The van der Waals surface area contributed by atoms with Crippen molar-refractivity contribution >= 4 is 0 Å². The van der Waals surface area contributed by atoms with E-state index in [1.54, 1.807) is 0 Å². The van der Waals surface area contributed by atoms with Crippen LogP contribution in [-0.2, 0) is 0 Å². The van der Waals surface area contributed by atoms with Crippen LogP contribution in [0.3, 0.4) is 0 Å². The van der Waals surface area contributed by atoms with Gasteiger partial charge in [0.1, 0.15) is 0 Å². The quantitative estimate of drug-likeness (QED) is 0.695. The average Bonchev–Trinajstić information content (AvgIpc) is 2.33. The molecule has 90 valence electrons. The third-order valence-electron chi connectivity index (χ3n) is 3.34. The first-order chi connectivity index (χ1) is 7.77. The van der Waals surface area contributed by atoms with E-state index in [1.807, 2.05) is 13.8 Å². The van der Waals surface area contributed by atoms with Crippen molar-refractivity contribution in [3.05, 3.63) is 35.9 Å². The molecule has 0 aliphatic carbocycles. The van der Waals surface area contributed by atoms with Gasteiger partial charge in [-0.25, -0.2) is 0 Å². The summed E-state index contributed by atoms with van der Waals surface area (Å²) in [7, 11) is 2.22. The maximum atomic E-state index is 2.43. The zero-order valence-electron chi connectivity index (χ0n) is 11.1. The smallest absolute Gasteiger partial charge is 0.000982 e. The number of hydrogen-bond acceptors (Lipinski definition) is 1. The van der Waals surface area contributed by atoms with Crippen molar-refractivity contribution < 1.29 is 0 Å². The molecule has 1 aromatic rings. The average molecular weight is 219 g/mol. The molecule has 1 heteroatoms. The highest BCUT2D eigenvalue weighted by atomic mass is 15.1. The van der Waals surface area contributed by atoms with E-state index in [4.69, 9.17) is 0 Å². The lowest BCUT2D eigenvalue weighted by molar-refractivity contribution is 0.195. The highest BCUT2D eigenvalue weighted by molar-refractivity contribution is 5.20. The van der Waals surface area contributed by atoms with Crippen LogP contribution < -0.4 is 0 Å². The van der Waals surface area contributed by atoms with Gasteiger partial charge in [0.2, 0.25) is 0 Å². The Morgan fingerprint density at radius 1 is 1.12 bits per heavy atom. The van der Waals surface area contributed by atoms with Crippen molar-refractivity contribution in [3.8, 4) is 0 Å². The summed E-state index contributed by atoms with van der Waals surface area (Å²) in [6.07, 6.45) is 1.31. The van der Waals surface area contributed by atoms with Gasteiger partial charge in [-0.3, -0.25) is 0 Å². The predicted octanol–water partition coefficient (Wildman–Crippen LogP) is 3.77. The van der Waals surface area contributed by atoms with Crippen LogP contribution in [0.1, 0.15) is 38.7 Å². The van der Waals surface area contributed by atoms with Crippen LogP contribution in [-0.4, -0.2) is 25.0 Å². The van der Waals surface area contributed by atoms with E-state index in [-0.39, 0.29) is 0 Å². The van der Waals surface area contributed by atoms with Crippen molar-refractivity contribution in [2.45, 2.75) is 33.1 Å². The van der Waals surface area contributed by atoms with Crippen molar-refractivity contribution in [3.63, 3.8) is 0 Å². The molecule has 1 aliphatic heterocycles. The van der Waals surface area contributed by atoms with Gasteiger partial charge in [0.15, 0.2) is 0 Å². The molecule has 1 aliphatic rings. The highest BCUT2D eigenvalue weighted by Gasteiger charge is 2.24. The molecule has 0 radical (unpaired) electrons. The third kappa shape index (κ3) is 3.34. The van der Waals surface area contributed by atoms with Gasteiger partial charge < -0.3 is 4.90 Å². The Kier molecular flexibility index (Phi) is 5.54. The predicted molar refractivity (Wildman–Crippen MR) is 71.8 cm³/mol. The molecule has 0 amide bonds. The molecule has 2 atom stereocenters. The van der Waals surface area contributed by atoms with Crippen molar-refractivity contribution in [2.24, 2.45) is 5.92 Å². The van der Waals surface area contributed by atoms with E-state index in [9.17, 15) is 0 Å². The molecule has 2 unspecified atom stereocenters. The Labute approximate surface area is 100 Å². The molecule has 1 saturated heterocycles. The summed E-state index contributed by atoms with van der Waals surface area (Å²) < 4.78 is 0. The first-order valence-corrected chi connectivity index (χ1v) is 6.51. The van der Waals surface area contributed by atoms with E-state index >= 15 is 0 Å². The SMILES string of the molecule is CC.CC1CN(C)CCC1c1ccccc1. The summed E-state index contributed by atoms with van der Waals surface area (Å²) in [6.45, 7) is 8.84. The molecule has 2 rings (SSSR count). The van der Waals surface area contributed by atoms with Gasteiger partial charge >= 0.3 is 0 Å². The van der Waals surface area contributed by atoms with Gasteiger partial charge in [0.25, 0.3) is 0 Å². The molecule has 1 heterocycles. The van der Waals surface area contributed by atoms with E-state index in [0.717, 1.165) is 11.8 Å². The minimum atomic E-state index is 0.771. The fourth-order valence-electron chi connectivity index (χ4n) is 2.55. The van der Waals surface area contributed by atoms with E-state index in [0.29, 0.717) is 0 Å². The number of hydrogen-bond donors (Lipinski definition) is 0. The lowest BCUT2D eigenvalue weighted by Gasteiger charge is -2.35. The molecule has 1 aromatic carbocycles. The largest absolute Gasteiger partial charge is 0.306 e. The molecule has 0 saturated carbocycles. The Morgan fingerprint density at radius 3 is 2.31 bits per heavy atom. The first-order valence-electron chi connectivity index (χ1n) is 6.51. The van der Waals surface area contributed by atoms with Crippen molar-refractivity contribution in [2.75, 3.05) is 20.1 Å². The minimum absolute atomic E-state index is 0.771. The lowest BCUT2D eigenvalue weighted by Crippen LogP contribution is -2.35. The van der Waals surface area contributed by atoms with Gasteiger partial charge in [0.05, 0.1) is 0 Å². The monoisotopic (exact) mass is 219 g/mol. The van der Waals surface area contributed by atoms with E-state index in [2.05, 4.69) is 49.2 Å². The van der Waals surface area contributed by atoms with Crippen molar-refractivity contribution in [1.82, 2.24) is 4.90 Å². The molecule has 1 fully saturated rings. The Hall–Kier alpha value is -0.820. The Balaban J connectivity index is 0.000000606. The summed E-state index contributed by atoms with van der Waals surface area (Å²) in [5.74, 6) is 1.56. The summed E-state index contributed by atoms with van der Waals surface area (Å²) in [5.41, 5.74) is 1.52. The Bertz CT molecular complexity index is 281. The lowest BCUT2D eigenvalue weighted by atomic mass is 9.82. The zero-order valence-corrected chi connectivity index (χ0v) is 11.1. The van der Waals surface area contributed by atoms with Gasteiger partial charge in [0, 0.05) is 6.54 Å². The van der Waals surface area contributed by atoms with Gasteiger partial charge in [-0.2, -0.15) is 0 Å². The number of rotatable bonds is 1. The topological polar surface area (TPSA) is 3.24 Å². The van der Waals surface area contributed by atoms with Crippen LogP contribution in [0.15, 0.2) is 30.3 Å². The molecule has 0 bridgehead atoms. The minimum Gasteiger partial charge on any atom is -0.306 e. The summed E-state index contributed by atoms with van der Waals surface area (Å²) in [6, 6.07) is 10.9.